The molecule has 0 fully saturated rings. The Morgan fingerprint density at radius 3 is 3.00 bits per heavy atom. The molecule has 2 rings (SSSR count). The molecule has 0 aliphatic heterocycles. The molecule has 0 aliphatic carbocycles. The molecule has 0 saturated carbocycles. The minimum absolute atomic E-state index is 0.210. The Morgan fingerprint density at radius 1 is 1.54 bits per heavy atom. The number of nitrogens with one attached hydrogen (secondary N) is 1. The van der Waals surface area contributed by atoms with Crippen molar-refractivity contribution in [3.8, 4) is 0 Å². The van der Waals surface area contributed by atoms with Crippen LogP contribution in [0.2, 0.25) is 0 Å². The highest BCUT2D eigenvalue weighted by atomic mass is 32.1. The van der Waals surface area contributed by atoms with E-state index in [4.69, 9.17) is 0 Å². The summed E-state index contributed by atoms with van der Waals surface area (Å²) in [5.41, 5.74) is -0.462. The molecule has 0 radical (unpaired) electrons. The van der Waals surface area contributed by atoms with Crippen LogP contribution in [0, 0.1) is 0 Å². The molecule has 0 spiro atoms. The quantitative estimate of drug-likeness (QED) is 0.723. The number of thiazole rings is 1. The summed E-state index contributed by atoms with van der Waals surface area (Å²) in [5.74, 6) is -0.733. The molecule has 0 saturated heterocycles. The molecule has 68 valence electrons. The van der Waals surface area contributed by atoms with Crippen LogP contribution in [-0.4, -0.2) is 9.97 Å². The van der Waals surface area contributed by atoms with E-state index in [2.05, 4.69) is 14.4 Å². The van der Waals surface area contributed by atoms with Crippen molar-refractivity contribution in [2.24, 2.45) is 0 Å². The monoisotopic (exact) mass is 198 g/mol. The van der Waals surface area contributed by atoms with Gasteiger partial charge in [0.25, 0.3) is 0 Å². The smallest absolute Gasteiger partial charge is 0.371 e. The first kappa shape index (κ1) is 8.18. The van der Waals surface area contributed by atoms with E-state index in [0.29, 0.717) is 4.83 Å². The number of H-pyrrole nitrogens is 1. The van der Waals surface area contributed by atoms with Crippen molar-refractivity contribution in [1.82, 2.24) is 9.97 Å². The van der Waals surface area contributed by atoms with Crippen LogP contribution in [0.1, 0.15) is 11.9 Å². The van der Waals surface area contributed by atoms with E-state index in [1.165, 1.54) is 11.3 Å². The molecule has 6 heteroatoms. The highest BCUT2D eigenvalue weighted by molar-refractivity contribution is 7.18. The second kappa shape index (κ2) is 2.81. The van der Waals surface area contributed by atoms with Gasteiger partial charge >= 0.3 is 11.4 Å². The zero-order valence-electron chi connectivity index (χ0n) is 6.79. The molecular formula is C7H6N2O3S. The number of aromatic amines is 1. The lowest BCUT2D eigenvalue weighted by Crippen LogP contribution is -2.13. The van der Waals surface area contributed by atoms with E-state index in [-0.39, 0.29) is 5.52 Å². The van der Waals surface area contributed by atoms with Gasteiger partial charge in [-0.25, -0.2) is 14.6 Å². The molecule has 0 aliphatic rings. The zero-order chi connectivity index (χ0) is 9.42. The standard InChI is InChI=1S/C7H6N2O3S/c1-2-3-8-4-5(13-3)9-7(11)12-6(4)10/h2H2,1H3,(H,9,11). The van der Waals surface area contributed by atoms with Gasteiger partial charge in [0, 0.05) is 0 Å². The summed E-state index contributed by atoms with van der Waals surface area (Å²) in [7, 11) is 0. The van der Waals surface area contributed by atoms with Crippen LogP contribution in [0.25, 0.3) is 10.3 Å². The Morgan fingerprint density at radius 2 is 2.31 bits per heavy atom. The summed E-state index contributed by atoms with van der Waals surface area (Å²) in [6, 6.07) is 0. The van der Waals surface area contributed by atoms with Crippen LogP contribution in [0.3, 0.4) is 0 Å². The van der Waals surface area contributed by atoms with Crippen molar-refractivity contribution in [1.29, 1.82) is 0 Å². The van der Waals surface area contributed by atoms with Gasteiger partial charge in [0.2, 0.25) is 0 Å². The number of fused-ring (bicyclic) bond motifs is 1. The van der Waals surface area contributed by atoms with Crippen LogP contribution < -0.4 is 11.4 Å². The third kappa shape index (κ3) is 1.29. The molecule has 5 nitrogen and oxygen atoms in total. The minimum atomic E-state index is -0.733. The van der Waals surface area contributed by atoms with E-state index >= 15 is 0 Å². The fraction of sp³-hybridized carbons (Fsp3) is 0.286. The Kier molecular flexibility index (Phi) is 1.77. The SMILES string of the molecule is CCc1nc2c(=O)oc(=O)[nH]c2s1. The first-order valence-electron chi connectivity index (χ1n) is 3.73. The summed E-state index contributed by atoms with van der Waals surface area (Å²) in [6.07, 6.45) is 0.737. The maximum absolute atomic E-state index is 11.1. The summed E-state index contributed by atoms with van der Waals surface area (Å²) in [5, 5.41) is 0.809. The number of hydrogen-bond donors (Lipinski definition) is 1. The highest BCUT2D eigenvalue weighted by Crippen LogP contribution is 2.15. The number of hydrogen-bond acceptors (Lipinski definition) is 5. The average molecular weight is 198 g/mol. The van der Waals surface area contributed by atoms with Crippen LogP contribution >= 0.6 is 11.3 Å². The first-order chi connectivity index (χ1) is 6.20. The Hall–Kier alpha value is -1.43. The third-order valence-electron chi connectivity index (χ3n) is 1.57. The lowest BCUT2D eigenvalue weighted by atomic mass is 10.5. The van der Waals surface area contributed by atoms with Gasteiger partial charge in [-0.05, 0) is 6.42 Å². The van der Waals surface area contributed by atoms with E-state index in [1.807, 2.05) is 6.92 Å². The van der Waals surface area contributed by atoms with Gasteiger partial charge in [-0.1, -0.05) is 6.92 Å². The van der Waals surface area contributed by atoms with Crippen LogP contribution in [0.15, 0.2) is 14.0 Å². The maximum Gasteiger partial charge on any atom is 0.420 e. The Bertz CT molecular complexity index is 551. The summed E-state index contributed by atoms with van der Waals surface area (Å²) < 4.78 is 4.33. The lowest BCUT2D eigenvalue weighted by molar-refractivity contribution is 0.459. The summed E-state index contributed by atoms with van der Waals surface area (Å²) >= 11 is 1.30. The lowest BCUT2D eigenvalue weighted by Gasteiger charge is -1.81. The van der Waals surface area contributed by atoms with Crippen LogP contribution in [-0.2, 0) is 6.42 Å². The summed E-state index contributed by atoms with van der Waals surface area (Å²) in [4.78, 5) is 28.8. The molecule has 0 amide bonds. The number of aryl methyl sites for hydroxylation is 1. The molecule has 0 atom stereocenters. The summed E-state index contributed by atoms with van der Waals surface area (Å²) in [6.45, 7) is 1.93. The van der Waals surface area contributed by atoms with E-state index < -0.39 is 11.4 Å². The third-order valence-corrected chi connectivity index (χ3v) is 2.68. The molecule has 0 bridgehead atoms. The van der Waals surface area contributed by atoms with Crippen molar-refractivity contribution >= 4 is 21.7 Å². The molecular weight excluding hydrogens is 192 g/mol. The van der Waals surface area contributed by atoms with Crippen LogP contribution in [0.4, 0.5) is 0 Å². The zero-order valence-corrected chi connectivity index (χ0v) is 7.60. The molecule has 1 N–H and O–H groups in total. The molecule has 0 unspecified atom stereocenters. The van der Waals surface area contributed by atoms with E-state index in [9.17, 15) is 9.59 Å². The van der Waals surface area contributed by atoms with Gasteiger partial charge in [0.1, 0.15) is 4.83 Å². The molecule has 2 aromatic heterocycles. The predicted octanol–water partition coefficient (Wildman–Crippen LogP) is 0.500. The number of rotatable bonds is 1. The molecule has 0 aromatic carbocycles. The van der Waals surface area contributed by atoms with Gasteiger partial charge in [-0.15, -0.1) is 11.3 Å². The first-order valence-corrected chi connectivity index (χ1v) is 4.55. The molecule has 2 heterocycles. The normalized spacial score (nSPS) is 10.8. The fourth-order valence-electron chi connectivity index (χ4n) is 0.989. The van der Waals surface area contributed by atoms with Gasteiger partial charge in [-0.2, -0.15) is 0 Å². The molecule has 2 aromatic rings. The van der Waals surface area contributed by atoms with Gasteiger partial charge < -0.3 is 4.42 Å². The highest BCUT2D eigenvalue weighted by Gasteiger charge is 2.08. The van der Waals surface area contributed by atoms with Gasteiger partial charge in [0.15, 0.2) is 5.52 Å². The van der Waals surface area contributed by atoms with Gasteiger partial charge in [0.05, 0.1) is 5.01 Å². The van der Waals surface area contributed by atoms with Crippen molar-refractivity contribution in [3.05, 3.63) is 26.0 Å². The van der Waals surface area contributed by atoms with Crippen molar-refractivity contribution in [3.63, 3.8) is 0 Å². The fourth-order valence-corrected chi connectivity index (χ4v) is 1.87. The Labute approximate surface area is 76.1 Å². The van der Waals surface area contributed by atoms with Crippen molar-refractivity contribution in [2.75, 3.05) is 0 Å². The van der Waals surface area contributed by atoms with Crippen molar-refractivity contribution in [2.45, 2.75) is 13.3 Å². The minimum Gasteiger partial charge on any atom is -0.371 e. The molecule has 13 heavy (non-hydrogen) atoms. The van der Waals surface area contributed by atoms with Crippen molar-refractivity contribution < 1.29 is 4.42 Å². The topological polar surface area (TPSA) is 76.0 Å². The van der Waals surface area contributed by atoms with Gasteiger partial charge in [-0.3, -0.25) is 4.98 Å². The second-order valence-electron chi connectivity index (χ2n) is 2.44. The predicted molar refractivity (Wildman–Crippen MR) is 48.2 cm³/mol. The Balaban J connectivity index is 2.91. The maximum atomic E-state index is 11.1. The van der Waals surface area contributed by atoms with Crippen LogP contribution in [0.5, 0.6) is 0 Å². The van der Waals surface area contributed by atoms with E-state index in [1.54, 1.807) is 0 Å². The average Bonchev–Trinajstić information content (AvgIpc) is 2.47. The van der Waals surface area contributed by atoms with E-state index in [0.717, 1.165) is 11.4 Å². The number of nitrogens with zero attached hydrogens (tertiary/aromatic N) is 1. The largest absolute Gasteiger partial charge is 0.420 e. The second-order valence-corrected chi connectivity index (χ2v) is 3.52. The number of aromatic nitrogens is 2.